The minimum absolute atomic E-state index is 0.245. The second-order valence-corrected chi connectivity index (χ2v) is 6.73. The van der Waals surface area contributed by atoms with Crippen molar-refractivity contribution in [3.8, 4) is 0 Å². The number of hydrogen-bond acceptors (Lipinski definition) is 5. The monoisotopic (exact) mass is 326 g/mol. The largest absolute Gasteiger partial charge is 0.370 e. The molecule has 2 aliphatic heterocycles. The van der Waals surface area contributed by atoms with Crippen LogP contribution in [-0.4, -0.2) is 33.5 Å². The summed E-state index contributed by atoms with van der Waals surface area (Å²) in [6.45, 7) is 1.13. The number of primary amides is 1. The van der Waals surface area contributed by atoms with Gasteiger partial charge in [-0.2, -0.15) is 4.98 Å². The molecule has 126 valence electrons. The maximum atomic E-state index is 10.9. The molecule has 3 heterocycles. The fourth-order valence-corrected chi connectivity index (χ4v) is 4.20. The number of carbonyl (C=O) groups excluding carboxylic acids is 1. The van der Waals surface area contributed by atoms with Gasteiger partial charge in [0.1, 0.15) is 0 Å². The van der Waals surface area contributed by atoms with Crippen LogP contribution in [0.15, 0.2) is 34.9 Å². The predicted octanol–water partition coefficient (Wildman–Crippen LogP) is 2.18. The highest BCUT2D eigenvalue weighted by Crippen LogP contribution is 2.48. The van der Waals surface area contributed by atoms with E-state index in [2.05, 4.69) is 45.4 Å². The van der Waals surface area contributed by atoms with Crippen molar-refractivity contribution in [2.45, 2.75) is 50.1 Å². The molecular weight excluding hydrogens is 304 g/mol. The molecule has 1 aromatic carbocycles. The van der Waals surface area contributed by atoms with E-state index in [4.69, 9.17) is 10.3 Å². The summed E-state index contributed by atoms with van der Waals surface area (Å²) < 4.78 is 5.33. The molecule has 0 radical (unpaired) electrons. The summed E-state index contributed by atoms with van der Waals surface area (Å²) >= 11 is 0. The highest BCUT2D eigenvalue weighted by Gasteiger charge is 2.46. The van der Waals surface area contributed by atoms with Gasteiger partial charge in [-0.1, -0.05) is 35.5 Å². The molecule has 2 aromatic rings. The Morgan fingerprint density at radius 3 is 2.96 bits per heavy atom. The van der Waals surface area contributed by atoms with Crippen LogP contribution in [0.25, 0.3) is 0 Å². The minimum atomic E-state index is -0.346. The van der Waals surface area contributed by atoms with E-state index in [0.29, 0.717) is 30.3 Å². The molecule has 1 amide bonds. The third-order valence-electron chi connectivity index (χ3n) is 5.27. The molecule has 1 aromatic heterocycles. The lowest BCUT2D eigenvalue weighted by Gasteiger charge is -2.24. The summed E-state index contributed by atoms with van der Waals surface area (Å²) in [5.74, 6) is 1.24. The predicted molar refractivity (Wildman–Crippen MR) is 88.1 cm³/mol. The first-order chi connectivity index (χ1) is 11.7. The number of aryl methyl sites for hydroxylation is 1. The Balaban J connectivity index is 1.54. The molecule has 2 saturated heterocycles. The third-order valence-corrected chi connectivity index (χ3v) is 5.27. The number of rotatable bonds is 5. The zero-order chi connectivity index (χ0) is 16.5. The highest BCUT2D eigenvalue weighted by atomic mass is 16.5. The lowest BCUT2D eigenvalue weighted by atomic mass is 9.94. The van der Waals surface area contributed by atoms with Gasteiger partial charge in [0.25, 0.3) is 0 Å². The number of aromatic nitrogens is 2. The molecule has 0 saturated carbocycles. The van der Waals surface area contributed by atoms with E-state index >= 15 is 0 Å². The number of fused-ring (bicyclic) bond motifs is 1. The van der Waals surface area contributed by atoms with Gasteiger partial charge in [-0.15, -0.1) is 0 Å². The molecule has 6 nitrogen and oxygen atoms in total. The molecule has 2 fully saturated rings. The summed E-state index contributed by atoms with van der Waals surface area (Å²) in [5, 5.41) is 4.20. The second-order valence-electron chi connectivity index (χ2n) is 6.73. The van der Waals surface area contributed by atoms with Gasteiger partial charge in [-0.3, -0.25) is 9.69 Å². The van der Waals surface area contributed by atoms with Gasteiger partial charge in [-0.05, 0) is 31.4 Å². The van der Waals surface area contributed by atoms with E-state index in [-0.39, 0.29) is 12.3 Å². The number of carbonyl (C=O) groups is 1. The molecule has 24 heavy (non-hydrogen) atoms. The maximum Gasteiger partial charge on any atom is 0.227 e. The van der Waals surface area contributed by atoms with Crippen LogP contribution in [0.5, 0.6) is 0 Å². The highest BCUT2D eigenvalue weighted by molar-refractivity contribution is 5.73. The topological polar surface area (TPSA) is 85.3 Å². The fraction of sp³-hybridized carbons (Fsp3) is 0.500. The Hall–Kier alpha value is -2.21. The average molecular weight is 326 g/mol. The van der Waals surface area contributed by atoms with Gasteiger partial charge in [0.2, 0.25) is 11.8 Å². The summed E-state index contributed by atoms with van der Waals surface area (Å²) in [4.78, 5) is 18.0. The van der Waals surface area contributed by atoms with Crippen LogP contribution < -0.4 is 5.73 Å². The zero-order valence-electron chi connectivity index (χ0n) is 13.6. The average Bonchev–Trinajstić information content (AvgIpc) is 3.29. The van der Waals surface area contributed by atoms with Crippen LogP contribution in [0.2, 0.25) is 0 Å². The molecule has 4 rings (SSSR count). The quantitative estimate of drug-likeness (QED) is 0.910. The van der Waals surface area contributed by atoms with Crippen LogP contribution >= 0.6 is 0 Å². The number of hydrogen-bond donors (Lipinski definition) is 1. The molecule has 0 aliphatic carbocycles. The van der Waals surface area contributed by atoms with Crippen molar-refractivity contribution in [1.82, 2.24) is 15.0 Å². The Morgan fingerprint density at radius 1 is 1.33 bits per heavy atom. The molecule has 0 spiro atoms. The SMILES string of the molecule is NC(=O)CCc1nc([C@@H]2C[C@H](c3ccccc3)N3CCC[C@@H]23)no1. The van der Waals surface area contributed by atoms with Crippen molar-refractivity contribution in [1.29, 1.82) is 0 Å². The van der Waals surface area contributed by atoms with Crippen LogP contribution in [0.3, 0.4) is 0 Å². The molecule has 0 unspecified atom stereocenters. The number of amides is 1. The first-order valence-electron chi connectivity index (χ1n) is 8.64. The van der Waals surface area contributed by atoms with E-state index in [9.17, 15) is 4.79 Å². The van der Waals surface area contributed by atoms with Gasteiger partial charge in [-0.25, -0.2) is 0 Å². The van der Waals surface area contributed by atoms with E-state index in [1.54, 1.807) is 0 Å². The number of nitrogens with zero attached hydrogens (tertiary/aromatic N) is 3. The van der Waals surface area contributed by atoms with E-state index in [0.717, 1.165) is 18.8 Å². The van der Waals surface area contributed by atoms with Crippen molar-refractivity contribution < 1.29 is 9.32 Å². The lowest BCUT2D eigenvalue weighted by molar-refractivity contribution is -0.118. The second kappa shape index (κ2) is 6.36. The molecule has 3 atom stereocenters. The van der Waals surface area contributed by atoms with Crippen molar-refractivity contribution in [2.75, 3.05) is 6.54 Å². The van der Waals surface area contributed by atoms with E-state index in [1.165, 1.54) is 18.4 Å². The smallest absolute Gasteiger partial charge is 0.227 e. The van der Waals surface area contributed by atoms with Gasteiger partial charge in [0, 0.05) is 30.8 Å². The summed E-state index contributed by atoms with van der Waals surface area (Å²) in [7, 11) is 0. The van der Waals surface area contributed by atoms with Gasteiger partial charge < -0.3 is 10.3 Å². The van der Waals surface area contributed by atoms with E-state index in [1.807, 2.05) is 0 Å². The van der Waals surface area contributed by atoms with Gasteiger partial charge >= 0.3 is 0 Å². The van der Waals surface area contributed by atoms with Gasteiger partial charge in [0.05, 0.1) is 0 Å². The Kier molecular flexibility index (Phi) is 4.06. The summed E-state index contributed by atoms with van der Waals surface area (Å²) in [5.41, 5.74) is 6.55. The number of benzene rings is 1. The molecule has 0 bridgehead atoms. The minimum Gasteiger partial charge on any atom is -0.370 e. The van der Waals surface area contributed by atoms with Crippen molar-refractivity contribution in [3.63, 3.8) is 0 Å². The van der Waals surface area contributed by atoms with Crippen LogP contribution in [-0.2, 0) is 11.2 Å². The standard InChI is InChI=1S/C18H22N4O2/c19-16(23)8-9-17-20-18(21-24-17)13-11-15(12-5-2-1-3-6-12)22-10-4-7-14(13)22/h1-3,5-6,13-15H,4,7-11H2,(H2,19,23)/t13-,14+,15-/m1/s1. The van der Waals surface area contributed by atoms with Crippen molar-refractivity contribution in [3.05, 3.63) is 47.6 Å². The van der Waals surface area contributed by atoms with E-state index < -0.39 is 0 Å². The van der Waals surface area contributed by atoms with Crippen LogP contribution in [0.1, 0.15) is 54.9 Å². The third kappa shape index (κ3) is 2.82. The van der Waals surface area contributed by atoms with Crippen molar-refractivity contribution in [2.24, 2.45) is 5.73 Å². The Bertz CT molecular complexity index is 715. The molecule has 6 heteroatoms. The maximum absolute atomic E-state index is 10.9. The molecule has 2 aliphatic rings. The first kappa shape index (κ1) is 15.3. The zero-order valence-corrected chi connectivity index (χ0v) is 13.6. The fourth-order valence-electron chi connectivity index (χ4n) is 4.20. The lowest BCUT2D eigenvalue weighted by Crippen LogP contribution is -2.27. The Labute approximate surface area is 141 Å². The number of nitrogens with two attached hydrogens (primary N) is 1. The molecular formula is C18H22N4O2. The van der Waals surface area contributed by atoms with Crippen LogP contribution in [0.4, 0.5) is 0 Å². The van der Waals surface area contributed by atoms with Crippen LogP contribution in [0, 0.1) is 0 Å². The van der Waals surface area contributed by atoms with Gasteiger partial charge in [0.15, 0.2) is 5.82 Å². The first-order valence-corrected chi connectivity index (χ1v) is 8.64. The van der Waals surface area contributed by atoms with Crippen molar-refractivity contribution >= 4 is 5.91 Å². The normalized spacial score (nSPS) is 26.6. The Morgan fingerprint density at radius 2 is 2.17 bits per heavy atom. The summed E-state index contributed by atoms with van der Waals surface area (Å²) in [6, 6.07) is 11.6. The summed E-state index contributed by atoms with van der Waals surface area (Å²) in [6.07, 6.45) is 4.08. The molecule has 2 N–H and O–H groups in total.